The molecule has 0 unspecified atom stereocenters. The highest BCUT2D eigenvalue weighted by Gasteiger charge is 2.33. The van der Waals surface area contributed by atoms with Gasteiger partial charge in [0, 0.05) is 18.6 Å². The molecular weight excluding hydrogens is 276 g/mol. The fourth-order valence-electron chi connectivity index (χ4n) is 1.98. The van der Waals surface area contributed by atoms with E-state index in [1.165, 1.54) is 11.3 Å². The molecule has 2 atom stereocenters. The van der Waals surface area contributed by atoms with Crippen molar-refractivity contribution in [1.29, 1.82) is 0 Å². The van der Waals surface area contributed by atoms with Gasteiger partial charge in [0.05, 0.1) is 0 Å². The van der Waals surface area contributed by atoms with E-state index < -0.39 is 6.10 Å². The van der Waals surface area contributed by atoms with Gasteiger partial charge < -0.3 is 14.0 Å². The van der Waals surface area contributed by atoms with E-state index in [-0.39, 0.29) is 12.0 Å². The second-order valence-corrected chi connectivity index (χ2v) is 5.43. The Morgan fingerprint density at radius 3 is 2.65 bits per heavy atom. The monoisotopic (exact) mass is 290 g/mol. The van der Waals surface area contributed by atoms with Crippen molar-refractivity contribution in [2.45, 2.75) is 19.1 Å². The van der Waals surface area contributed by atoms with Crippen LogP contribution >= 0.6 is 11.3 Å². The third kappa shape index (κ3) is 2.34. The van der Waals surface area contributed by atoms with Crippen LogP contribution in [0, 0.1) is 0 Å². The van der Waals surface area contributed by atoms with Crippen molar-refractivity contribution in [2.24, 2.45) is 12.0 Å². The Balaban J connectivity index is 1.89. The summed E-state index contributed by atoms with van der Waals surface area (Å²) in [4.78, 5) is 17.0. The lowest BCUT2D eigenvalue weighted by Gasteiger charge is -2.29. The summed E-state index contributed by atoms with van der Waals surface area (Å²) in [7, 11) is 1.85. The third-order valence-electron chi connectivity index (χ3n) is 3.05. The molecule has 0 fully saturated rings. The summed E-state index contributed by atoms with van der Waals surface area (Å²) >= 11 is 1.41. The second-order valence-electron chi connectivity index (χ2n) is 4.55. The highest BCUT2D eigenvalue weighted by molar-refractivity contribution is 7.07. The van der Waals surface area contributed by atoms with E-state index in [2.05, 4.69) is 4.99 Å². The SMILES string of the molecule is C[C@@H]1Oc2ccccc2O[C@H]1C(=O)N=c1sccn1C. The molecule has 0 saturated heterocycles. The minimum absolute atomic E-state index is 0.329. The van der Waals surface area contributed by atoms with Crippen LogP contribution < -0.4 is 14.3 Å². The number of thiazole rings is 1. The largest absolute Gasteiger partial charge is 0.482 e. The molecule has 1 aromatic heterocycles. The summed E-state index contributed by atoms with van der Waals surface area (Å²) in [5.74, 6) is 0.908. The first-order chi connectivity index (χ1) is 9.65. The molecule has 104 valence electrons. The van der Waals surface area contributed by atoms with Crippen molar-refractivity contribution in [1.82, 2.24) is 4.57 Å². The molecule has 1 aliphatic heterocycles. The minimum Gasteiger partial charge on any atom is -0.482 e. The first kappa shape index (κ1) is 12.9. The van der Waals surface area contributed by atoms with Crippen LogP contribution in [0.4, 0.5) is 0 Å². The number of hydrogen-bond acceptors (Lipinski definition) is 4. The lowest BCUT2D eigenvalue weighted by atomic mass is 10.1. The molecule has 0 aliphatic carbocycles. The maximum Gasteiger partial charge on any atom is 0.293 e. The van der Waals surface area contributed by atoms with Gasteiger partial charge in [-0.15, -0.1) is 11.3 Å². The van der Waals surface area contributed by atoms with Crippen LogP contribution in [0.15, 0.2) is 40.8 Å². The van der Waals surface area contributed by atoms with Gasteiger partial charge >= 0.3 is 0 Å². The molecule has 1 aromatic carbocycles. The molecular formula is C14H14N2O3S. The summed E-state index contributed by atoms with van der Waals surface area (Å²) in [5, 5.41) is 1.88. The van der Waals surface area contributed by atoms with E-state index in [0.29, 0.717) is 16.3 Å². The van der Waals surface area contributed by atoms with Crippen molar-refractivity contribution in [3.05, 3.63) is 40.6 Å². The number of carbonyl (C=O) groups excluding carboxylic acids is 1. The van der Waals surface area contributed by atoms with E-state index in [1.54, 1.807) is 10.6 Å². The van der Waals surface area contributed by atoms with Gasteiger partial charge in [0.1, 0.15) is 6.10 Å². The van der Waals surface area contributed by atoms with Crippen LogP contribution in [0.1, 0.15) is 6.92 Å². The van der Waals surface area contributed by atoms with Gasteiger partial charge in [0.25, 0.3) is 5.91 Å². The van der Waals surface area contributed by atoms with E-state index >= 15 is 0 Å². The fraction of sp³-hybridized carbons (Fsp3) is 0.286. The summed E-state index contributed by atoms with van der Waals surface area (Å²) in [5.41, 5.74) is 0. The topological polar surface area (TPSA) is 52.8 Å². The second kappa shape index (κ2) is 5.13. The Labute approximate surface area is 120 Å². The van der Waals surface area contributed by atoms with Crippen molar-refractivity contribution in [3.63, 3.8) is 0 Å². The number of hydrogen-bond donors (Lipinski definition) is 0. The lowest BCUT2D eigenvalue weighted by Crippen LogP contribution is -2.43. The van der Waals surface area contributed by atoms with E-state index in [9.17, 15) is 4.79 Å². The van der Waals surface area contributed by atoms with E-state index in [4.69, 9.17) is 9.47 Å². The number of carbonyl (C=O) groups is 1. The zero-order valence-corrected chi connectivity index (χ0v) is 12.0. The number of aryl methyl sites for hydroxylation is 1. The minimum atomic E-state index is -0.716. The van der Waals surface area contributed by atoms with Crippen LogP contribution in [0.2, 0.25) is 0 Å². The lowest BCUT2D eigenvalue weighted by molar-refractivity contribution is -0.130. The smallest absolute Gasteiger partial charge is 0.293 e. The summed E-state index contributed by atoms with van der Waals surface area (Å²) in [6.07, 6.45) is 0.770. The van der Waals surface area contributed by atoms with Crippen LogP contribution in [0.3, 0.4) is 0 Å². The highest BCUT2D eigenvalue weighted by atomic mass is 32.1. The van der Waals surface area contributed by atoms with Crippen LogP contribution in [0.5, 0.6) is 11.5 Å². The summed E-state index contributed by atoms with van der Waals surface area (Å²) in [6.45, 7) is 1.81. The van der Waals surface area contributed by atoms with Gasteiger partial charge in [-0.2, -0.15) is 4.99 Å². The quantitative estimate of drug-likeness (QED) is 0.804. The Morgan fingerprint density at radius 2 is 2.00 bits per heavy atom. The normalized spacial score (nSPS) is 21.8. The van der Waals surface area contributed by atoms with Crippen LogP contribution in [0.25, 0.3) is 0 Å². The molecule has 20 heavy (non-hydrogen) atoms. The molecule has 1 amide bonds. The number of aromatic nitrogens is 1. The Kier molecular flexibility index (Phi) is 3.31. The molecule has 0 radical (unpaired) electrons. The first-order valence-corrected chi connectivity index (χ1v) is 7.14. The van der Waals surface area contributed by atoms with Crippen molar-refractivity contribution < 1.29 is 14.3 Å². The number of fused-ring (bicyclic) bond motifs is 1. The zero-order chi connectivity index (χ0) is 14.1. The van der Waals surface area contributed by atoms with Gasteiger partial charge in [0.2, 0.25) is 6.10 Å². The summed E-state index contributed by atoms with van der Waals surface area (Å²) in [6, 6.07) is 7.32. The number of amides is 1. The molecule has 3 rings (SSSR count). The standard InChI is InChI=1S/C14H14N2O3S/c1-9-12(13(17)15-14-16(2)7-8-20-14)19-11-6-4-3-5-10(11)18-9/h3-9,12H,1-2H3/t9-,12+/m0/s1. The van der Waals surface area contributed by atoms with Gasteiger partial charge in [0.15, 0.2) is 16.3 Å². The third-order valence-corrected chi connectivity index (χ3v) is 3.90. The Bertz CT molecular complexity index is 704. The van der Waals surface area contributed by atoms with Crippen molar-refractivity contribution in [2.75, 3.05) is 0 Å². The number of nitrogens with zero attached hydrogens (tertiary/aromatic N) is 2. The predicted molar refractivity (Wildman–Crippen MR) is 74.8 cm³/mol. The first-order valence-electron chi connectivity index (χ1n) is 6.26. The molecule has 6 heteroatoms. The summed E-state index contributed by atoms with van der Waals surface area (Å²) < 4.78 is 13.2. The molecule has 1 aliphatic rings. The number of para-hydroxylation sites is 2. The van der Waals surface area contributed by atoms with Gasteiger partial charge in [-0.25, -0.2) is 0 Å². The van der Waals surface area contributed by atoms with Gasteiger partial charge in [-0.05, 0) is 19.1 Å². The van der Waals surface area contributed by atoms with E-state index in [0.717, 1.165) is 0 Å². The van der Waals surface area contributed by atoms with E-state index in [1.807, 2.05) is 43.7 Å². The molecule has 2 aromatic rings. The number of benzene rings is 1. The Morgan fingerprint density at radius 1 is 1.30 bits per heavy atom. The van der Waals surface area contributed by atoms with Crippen LogP contribution in [-0.2, 0) is 11.8 Å². The highest BCUT2D eigenvalue weighted by Crippen LogP contribution is 2.33. The molecule has 2 heterocycles. The maximum atomic E-state index is 12.3. The molecule has 0 N–H and O–H groups in total. The maximum absolute atomic E-state index is 12.3. The predicted octanol–water partition coefficient (Wildman–Crippen LogP) is 1.74. The zero-order valence-electron chi connectivity index (χ0n) is 11.1. The average Bonchev–Trinajstić information content (AvgIpc) is 2.83. The molecule has 0 bridgehead atoms. The molecule has 0 saturated carbocycles. The fourth-order valence-corrected chi connectivity index (χ4v) is 2.72. The number of ether oxygens (including phenoxy) is 2. The van der Waals surface area contributed by atoms with Crippen molar-refractivity contribution in [3.8, 4) is 11.5 Å². The van der Waals surface area contributed by atoms with Crippen molar-refractivity contribution >= 4 is 17.2 Å². The average molecular weight is 290 g/mol. The number of rotatable bonds is 1. The molecule has 0 spiro atoms. The Hall–Kier alpha value is -2.08. The van der Waals surface area contributed by atoms with Gasteiger partial charge in [-0.1, -0.05) is 12.1 Å². The molecule has 5 nitrogen and oxygen atoms in total. The van der Waals surface area contributed by atoms with Gasteiger partial charge in [-0.3, -0.25) is 4.79 Å². The van der Waals surface area contributed by atoms with Crippen LogP contribution in [-0.4, -0.2) is 22.7 Å².